The van der Waals surface area contributed by atoms with E-state index in [2.05, 4.69) is 6.92 Å². The van der Waals surface area contributed by atoms with Crippen LogP contribution >= 0.6 is 0 Å². The molecule has 13 heavy (non-hydrogen) atoms. The second kappa shape index (κ2) is 6.42. The highest BCUT2D eigenvalue weighted by Crippen LogP contribution is 2.25. The molecule has 0 heterocycles. The van der Waals surface area contributed by atoms with Crippen molar-refractivity contribution >= 4 is 0 Å². The van der Waals surface area contributed by atoms with E-state index in [1.165, 1.54) is 51.4 Å². The number of nitrogens with two attached hydrogens (primary N) is 1. The van der Waals surface area contributed by atoms with Crippen LogP contribution in [0.2, 0.25) is 0 Å². The van der Waals surface area contributed by atoms with E-state index >= 15 is 0 Å². The SMILES string of the molecule is CC1CCCCCCCCC1CN. The molecule has 1 fully saturated rings. The zero-order valence-corrected chi connectivity index (χ0v) is 9.10. The molecule has 1 saturated carbocycles. The Labute approximate surface area is 83.1 Å². The predicted molar refractivity (Wildman–Crippen MR) is 58.6 cm³/mol. The summed E-state index contributed by atoms with van der Waals surface area (Å²) in [5, 5.41) is 0. The van der Waals surface area contributed by atoms with Crippen LogP contribution in [-0.4, -0.2) is 6.54 Å². The maximum Gasteiger partial charge on any atom is -0.00463 e. The average Bonchev–Trinajstić information content (AvgIpc) is 2.16. The average molecular weight is 183 g/mol. The molecule has 1 heteroatoms. The highest BCUT2D eigenvalue weighted by atomic mass is 14.6. The van der Waals surface area contributed by atoms with Crippen molar-refractivity contribution in [2.75, 3.05) is 6.54 Å². The van der Waals surface area contributed by atoms with E-state index in [9.17, 15) is 0 Å². The fraction of sp³-hybridized carbons (Fsp3) is 1.00. The van der Waals surface area contributed by atoms with Crippen LogP contribution in [-0.2, 0) is 0 Å². The van der Waals surface area contributed by atoms with Gasteiger partial charge in [0.2, 0.25) is 0 Å². The number of hydrogen-bond donors (Lipinski definition) is 1. The minimum absolute atomic E-state index is 0.804. The predicted octanol–water partition coefficient (Wildman–Crippen LogP) is 3.33. The van der Waals surface area contributed by atoms with Crippen LogP contribution in [0.4, 0.5) is 0 Å². The lowest BCUT2D eigenvalue weighted by Gasteiger charge is -2.23. The molecule has 0 amide bonds. The van der Waals surface area contributed by atoms with Gasteiger partial charge in [-0.1, -0.05) is 51.9 Å². The van der Waals surface area contributed by atoms with E-state index in [0.717, 1.165) is 18.4 Å². The zero-order chi connectivity index (χ0) is 9.52. The third-order valence-electron chi connectivity index (χ3n) is 3.59. The molecule has 0 radical (unpaired) electrons. The lowest BCUT2D eigenvalue weighted by atomic mass is 9.84. The second-order valence-corrected chi connectivity index (χ2v) is 4.67. The van der Waals surface area contributed by atoms with E-state index in [-0.39, 0.29) is 0 Å². The van der Waals surface area contributed by atoms with Gasteiger partial charge in [0.05, 0.1) is 0 Å². The van der Waals surface area contributed by atoms with Gasteiger partial charge in [0.15, 0.2) is 0 Å². The Morgan fingerprint density at radius 1 is 0.923 bits per heavy atom. The first-order valence-electron chi connectivity index (χ1n) is 6.04. The summed E-state index contributed by atoms with van der Waals surface area (Å²) in [7, 11) is 0. The molecule has 0 bridgehead atoms. The first kappa shape index (κ1) is 11.0. The summed E-state index contributed by atoms with van der Waals surface area (Å²) >= 11 is 0. The van der Waals surface area contributed by atoms with Gasteiger partial charge >= 0.3 is 0 Å². The van der Waals surface area contributed by atoms with Gasteiger partial charge < -0.3 is 5.73 Å². The number of hydrogen-bond acceptors (Lipinski definition) is 1. The molecule has 78 valence electrons. The summed E-state index contributed by atoms with van der Waals surface area (Å²) in [6.45, 7) is 3.29. The lowest BCUT2D eigenvalue weighted by Crippen LogP contribution is -2.22. The van der Waals surface area contributed by atoms with Gasteiger partial charge in [0.25, 0.3) is 0 Å². The molecule has 1 rings (SSSR count). The second-order valence-electron chi connectivity index (χ2n) is 4.67. The van der Waals surface area contributed by atoms with Crippen LogP contribution in [0.1, 0.15) is 58.3 Å². The van der Waals surface area contributed by atoms with Gasteiger partial charge in [-0.15, -0.1) is 0 Å². The standard InChI is InChI=1S/C12H25N/c1-11-8-6-4-2-3-5-7-9-12(11)10-13/h11-12H,2-10,13H2,1H3. The van der Waals surface area contributed by atoms with E-state index in [1.807, 2.05) is 0 Å². The molecule has 0 aromatic carbocycles. The van der Waals surface area contributed by atoms with Gasteiger partial charge in [-0.2, -0.15) is 0 Å². The van der Waals surface area contributed by atoms with Crippen molar-refractivity contribution in [3.63, 3.8) is 0 Å². The Bertz CT molecular complexity index is 122. The summed E-state index contributed by atoms with van der Waals surface area (Å²) in [6.07, 6.45) is 11.4. The van der Waals surface area contributed by atoms with Crippen molar-refractivity contribution in [1.29, 1.82) is 0 Å². The monoisotopic (exact) mass is 183 g/mol. The zero-order valence-electron chi connectivity index (χ0n) is 9.10. The summed E-state index contributed by atoms with van der Waals surface area (Å²) in [5.74, 6) is 1.67. The maximum absolute atomic E-state index is 5.80. The van der Waals surface area contributed by atoms with Crippen molar-refractivity contribution < 1.29 is 0 Å². The normalized spacial score (nSPS) is 32.8. The van der Waals surface area contributed by atoms with E-state index in [0.29, 0.717) is 0 Å². The molecule has 0 aromatic heterocycles. The first-order chi connectivity index (χ1) is 6.34. The third kappa shape index (κ3) is 4.12. The summed E-state index contributed by atoms with van der Waals surface area (Å²) < 4.78 is 0. The largest absolute Gasteiger partial charge is 0.330 e. The molecule has 2 N–H and O–H groups in total. The Morgan fingerprint density at radius 2 is 1.46 bits per heavy atom. The fourth-order valence-corrected chi connectivity index (χ4v) is 2.45. The molecule has 2 unspecified atom stereocenters. The summed E-state index contributed by atoms with van der Waals surface area (Å²) in [5.41, 5.74) is 5.80. The quantitative estimate of drug-likeness (QED) is 0.663. The highest BCUT2D eigenvalue weighted by Gasteiger charge is 2.15. The van der Waals surface area contributed by atoms with Crippen LogP contribution in [0.5, 0.6) is 0 Å². The Morgan fingerprint density at radius 3 is 2.08 bits per heavy atom. The van der Waals surface area contributed by atoms with Gasteiger partial charge in [-0.05, 0) is 24.8 Å². The van der Waals surface area contributed by atoms with E-state index in [1.54, 1.807) is 0 Å². The maximum atomic E-state index is 5.80. The molecule has 1 nitrogen and oxygen atoms in total. The Hall–Kier alpha value is -0.0400. The van der Waals surface area contributed by atoms with Crippen molar-refractivity contribution in [2.45, 2.75) is 58.3 Å². The van der Waals surface area contributed by atoms with Gasteiger partial charge in [-0.3, -0.25) is 0 Å². The van der Waals surface area contributed by atoms with Gasteiger partial charge in [-0.25, -0.2) is 0 Å². The third-order valence-corrected chi connectivity index (χ3v) is 3.59. The summed E-state index contributed by atoms with van der Waals surface area (Å²) in [6, 6.07) is 0. The van der Waals surface area contributed by atoms with Crippen molar-refractivity contribution in [1.82, 2.24) is 0 Å². The smallest absolute Gasteiger partial charge is 0.00463 e. The minimum Gasteiger partial charge on any atom is -0.330 e. The Balaban J connectivity index is 2.32. The van der Waals surface area contributed by atoms with E-state index < -0.39 is 0 Å². The van der Waals surface area contributed by atoms with Gasteiger partial charge in [0, 0.05) is 0 Å². The Kier molecular flexibility index (Phi) is 5.45. The van der Waals surface area contributed by atoms with Crippen molar-refractivity contribution in [2.24, 2.45) is 17.6 Å². The van der Waals surface area contributed by atoms with Gasteiger partial charge in [0.1, 0.15) is 0 Å². The molecule has 0 aliphatic heterocycles. The topological polar surface area (TPSA) is 26.0 Å². The minimum atomic E-state index is 0.804. The van der Waals surface area contributed by atoms with Crippen LogP contribution in [0.3, 0.4) is 0 Å². The number of rotatable bonds is 1. The van der Waals surface area contributed by atoms with Crippen LogP contribution in [0, 0.1) is 11.8 Å². The molecular weight excluding hydrogens is 158 g/mol. The molecular formula is C12H25N. The molecule has 2 atom stereocenters. The van der Waals surface area contributed by atoms with Crippen molar-refractivity contribution in [3.05, 3.63) is 0 Å². The molecule has 1 aliphatic rings. The van der Waals surface area contributed by atoms with E-state index in [4.69, 9.17) is 5.73 Å². The lowest BCUT2D eigenvalue weighted by molar-refractivity contribution is 0.298. The highest BCUT2D eigenvalue weighted by molar-refractivity contribution is 4.69. The van der Waals surface area contributed by atoms with Crippen LogP contribution < -0.4 is 5.73 Å². The molecule has 0 spiro atoms. The van der Waals surface area contributed by atoms with Crippen LogP contribution in [0.25, 0.3) is 0 Å². The fourth-order valence-electron chi connectivity index (χ4n) is 2.45. The first-order valence-corrected chi connectivity index (χ1v) is 6.04. The van der Waals surface area contributed by atoms with Crippen molar-refractivity contribution in [3.8, 4) is 0 Å². The summed E-state index contributed by atoms with van der Waals surface area (Å²) in [4.78, 5) is 0. The molecule has 1 aliphatic carbocycles. The van der Waals surface area contributed by atoms with Crippen LogP contribution in [0.15, 0.2) is 0 Å². The molecule has 0 saturated heterocycles. The molecule has 0 aromatic rings.